The second-order valence-corrected chi connectivity index (χ2v) is 4.79. The van der Waals surface area contributed by atoms with Gasteiger partial charge in [-0.15, -0.1) is 6.58 Å². The molecular formula is C14H16BrFO. The van der Waals surface area contributed by atoms with E-state index in [9.17, 15) is 9.18 Å². The minimum Gasteiger partial charge on any atom is -0.294 e. The van der Waals surface area contributed by atoms with E-state index in [-0.39, 0.29) is 11.6 Å². The Balaban J connectivity index is 2.46. The molecule has 0 atom stereocenters. The first-order valence-corrected chi connectivity index (χ1v) is 6.53. The van der Waals surface area contributed by atoms with Crippen molar-refractivity contribution in [2.24, 2.45) is 0 Å². The molecule has 0 saturated carbocycles. The molecule has 0 unspecified atom stereocenters. The molecule has 0 saturated heterocycles. The number of rotatable bonds is 7. The highest BCUT2D eigenvalue weighted by Crippen LogP contribution is 2.20. The van der Waals surface area contributed by atoms with Crippen LogP contribution in [0.5, 0.6) is 0 Å². The summed E-state index contributed by atoms with van der Waals surface area (Å²) in [5, 5.41) is 0. The number of allylic oxidation sites excluding steroid dienone is 1. The molecule has 0 aliphatic carbocycles. The van der Waals surface area contributed by atoms with E-state index in [2.05, 4.69) is 22.5 Å². The van der Waals surface area contributed by atoms with E-state index in [1.165, 1.54) is 12.1 Å². The average molecular weight is 299 g/mol. The molecule has 0 spiro atoms. The number of carbonyl (C=O) groups is 1. The number of unbranched alkanes of at least 4 members (excludes halogenated alkanes) is 3. The van der Waals surface area contributed by atoms with E-state index in [0.29, 0.717) is 16.5 Å². The maximum absolute atomic E-state index is 13.0. The fourth-order valence-corrected chi connectivity index (χ4v) is 2.06. The van der Waals surface area contributed by atoms with Gasteiger partial charge in [0.15, 0.2) is 5.78 Å². The van der Waals surface area contributed by atoms with Crippen molar-refractivity contribution in [3.05, 3.63) is 46.7 Å². The predicted molar refractivity (Wildman–Crippen MR) is 71.7 cm³/mol. The lowest BCUT2D eigenvalue weighted by Gasteiger charge is -2.03. The van der Waals surface area contributed by atoms with E-state index >= 15 is 0 Å². The topological polar surface area (TPSA) is 17.1 Å². The SMILES string of the molecule is C=CCCCCCC(=O)c1cc(F)ccc1Br. The molecule has 0 N–H and O–H groups in total. The van der Waals surface area contributed by atoms with Crippen molar-refractivity contribution in [3.8, 4) is 0 Å². The summed E-state index contributed by atoms with van der Waals surface area (Å²) in [7, 11) is 0. The number of benzene rings is 1. The smallest absolute Gasteiger partial charge is 0.164 e. The minimum absolute atomic E-state index is 0.00465. The third-order valence-corrected chi connectivity index (χ3v) is 3.23. The number of Topliss-reactive ketones (excluding diaryl/α,β-unsaturated/α-hetero) is 1. The summed E-state index contributed by atoms with van der Waals surface area (Å²) in [6, 6.07) is 4.20. The van der Waals surface area contributed by atoms with Crippen LogP contribution in [0.1, 0.15) is 42.5 Å². The molecule has 1 rings (SSSR count). The Hall–Kier alpha value is -0.960. The highest BCUT2D eigenvalue weighted by Gasteiger charge is 2.10. The Bertz CT molecular complexity index is 401. The number of hydrogen-bond donors (Lipinski definition) is 0. The maximum Gasteiger partial charge on any atom is 0.164 e. The second-order valence-electron chi connectivity index (χ2n) is 3.94. The van der Waals surface area contributed by atoms with Crippen LogP contribution < -0.4 is 0 Å². The van der Waals surface area contributed by atoms with Crippen molar-refractivity contribution < 1.29 is 9.18 Å². The second kappa shape index (κ2) is 7.38. The van der Waals surface area contributed by atoms with Gasteiger partial charge in [-0.05, 0) is 37.5 Å². The molecule has 1 aromatic carbocycles. The molecule has 0 aromatic heterocycles. The molecule has 1 nitrogen and oxygen atoms in total. The number of ketones is 1. The zero-order chi connectivity index (χ0) is 12.7. The normalized spacial score (nSPS) is 10.2. The van der Waals surface area contributed by atoms with Crippen LogP contribution in [0.2, 0.25) is 0 Å². The van der Waals surface area contributed by atoms with Crippen molar-refractivity contribution in [1.29, 1.82) is 0 Å². The van der Waals surface area contributed by atoms with Gasteiger partial charge in [0.05, 0.1) is 0 Å². The summed E-state index contributed by atoms with van der Waals surface area (Å²) in [6.45, 7) is 3.65. The van der Waals surface area contributed by atoms with Gasteiger partial charge in [-0.3, -0.25) is 4.79 Å². The summed E-state index contributed by atoms with van der Waals surface area (Å²) in [5.74, 6) is -0.377. The third kappa shape index (κ3) is 4.82. The highest BCUT2D eigenvalue weighted by atomic mass is 79.9. The Morgan fingerprint density at radius 2 is 2.12 bits per heavy atom. The fraction of sp³-hybridized carbons (Fsp3) is 0.357. The van der Waals surface area contributed by atoms with Crippen molar-refractivity contribution in [1.82, 2.24) is 0 Å². The molecular weight excluding hydrogens is 283 g/mol. The molecule has 0 fully saturated rings. The van der Waals surface area contributed by atoms with Crippen LogP contribution in [0.4, 0.5) is 4.39 Å². The Morgan fingerprint density at radius 1 is 1.35 bits per heavy atom. The van der Waals surface area contributed by atoms with Gasteiger partial charge in [0.2, 0.25) is 0 Å². The van der Waals surface area contributed by atoms with Crippen LogP contribution in [-0.4, -0.2) is 5.78 Å². The van der Waals surface area contributed by atoms with E-state index < -0.39 is 0 Å². The van der Waals surface area contributed by atoms with Gasteiger partial charge in [-0.1, -0.05) is 28.4 Å². The van der Waals surface area contributed by atoms with Crippen LogP contribution in [-0.2, 0) is 0 Å². The fourth-order valence-electron chi connectivity index (χ4n) is 1.60. The lowest BCUT2D eigenvalue weighted by atomic mass is 10.0. The van der Waals surface area contributed by atoms with Crippen molar-refractivity contribution in [2.75, 3.05) is 0 Å². The Kier molecular flexibility index (Phi) is 6.12. The van der Waals surface area contributed by atoms with Crippen LogP contribution in [0.25, 0.3) is 0 Å². The Morgan fingerprint density at radius 3 is 2.82 bits per heavy atom. The molecule has 17 heavy (non-hydrogen) atoms. The number of carbonyl (C=O) groups excluding carboxylic acids is 1. The summed E-state index contributed by atoms with van der Waals surface area (Å²) in [6.07, 6.45) is 6.24. The first kappa shape index (κ1) is 14.1. The summed E-state index contributed by atoms with van der Waals surface area (Å²) in [5.41, 5.74) is 0.439. The van der Waals surface area contributed by atoms with Crippen molar-refractivity contribution in [2.45, 2.75) is 32.1 Å². The zero-order valence-corrected chi connectivity index (χ0v) is 11.3. The molecule has 3 heteroatoms. The van der Waals surface area contributed by atoms with Crippen LogP contribution in [0, 0.1) is 5.82 Å². The molecule has 0 bridgehead atoms. The van der Waals surface area contributed by atoms with E-state index in [1.807, 2.05) is 6.08 Å². The first-order chi connectivity index (χ1) is 8.15. The van der Waals surface area contributed by atoms with Gasteiger partial charge in [-0.2, -0.15) is 0 Å². The minimum atomic E-state index is -0.372. The lowest BCUT2D eigenvalue weighted by molar-refractivity contribution is 0.0978. The highest BCUT2D eigenvalue weighted by molar-refractivity contribution is 9.10. The lowest BCUT2D eigenvalue weighted by Crippen LogP contribution is -2.00. The van der Waals surface area contributed by atoms with E-state index in [0.717, 1.165) is 25.7 Å². The van der Waals surface area contributed by atoms with Gasteiger partial charge in [0.25, 0.3) is 0 Å². The van der Waals surface area contributed by atoms with Gasteiger partial charge in [-0.25, -0.2) is 4.39 Å². The molecule has 92 valence electrons. The van der Waals surface area contributed by atoms with Gasteiger partial charge < -0.3 is 0 Å². The summed E-state index contributed by atoms with van der Waals surface area (Å²) in [4.78, 5) is 11.8. The van der Waals surface area contributed by atoms with Crippen LogP contribution in [0.3, 0.4) is 0 Å². The monoisotopic (exact) mass is 298 g/mol. The summed E-state index contributed by atoms with van der Waals surface area (Å²) >= 11 is 3.26. The van der Waals surface area contributed by atoms with Gasteiger partial charge >= 0.3 is 0 Å². The molecule has 0 aliphatic rings. The molecule has 0 amide bonds. The summed E-state index contributed by atoms with van der Waals surface area (Å²) < 4.78 is 13.7. The number of halogens is 2. The third-order valence-electron chi connectivity index (χ3n) is 2.54. The van der Waals surface area contributed by atoms with Crippen LogP contribution >= 0.6 is 15.9 Å². The molecule has 0 radical (unpaired) electrons. The van der Waals surface area contributed by atoms with Crippen molar-refractivity contribution in [3.63, 3.8) is 0 Å². The quantitative estimate of drug-likeness (QED) is 0.397. The van der Waals surface area contributed by atoms with Gasteiger partial charge in [0.1, 0.15) is 5.82 Å². The maximum atomic E-state index is 13.0. The van der Waals surface area contributed by atoms with E-state index in [1.54, 1.807) is 6.07 Å². The van der Waals surface area contributed by atoms with Crippen LogP contribution in [0.15, 0.2) is 35.3 Å². The molecule has 1 aromatic rings. The standard InChI is InChI=1S/C14H16BrFO/c1-2-3-4-5-6-7-14(17)12-10-11(16)8-9-13(12)15/h2,8-10H,1,3-7H2. The zero-order valence-electron chi connectivity index (χ0n) is 9.72. The average Bonchev–Trinajstić information content (AvgIpc) is 2.32. The van der Waals surface area contributed by atoms with E-state index in [4.69, 9.17) is 0 Å². The predicted octanol–water partition coefficient (Wildman–Crippen LogP) is 4.91. The molecule has 0 heterocycles. The molecule has 0 aliphatic heterocycles. The van der Waals surface area contributed by atoms with Gasteiger partial charge in [0, 0.05) is 16.5 Å². The van der Waals surface area contributed by atoms with Crippen molar-refractivity contribution >= 4 is 21.7 Å². The first-order valence-electron chi connectivity index (χ1n) is 5.74. The largest absolute Gasteiger partial charge is 0.294 e. The Labute approximate surface area is 110 Å². The number of hydrogen-bond acceptors (Lipinski definition) is 1.